The Morgan fingerprint density at radius 3 is 0.900 bits per heavy atom. The number of aromatic amines is 2. The molecule has 2 aliphatic heterocycles. The molecule has 7 aromatic rings. The molecule has 2 N–H and O–H groups in total. The zero-order valence-electron chi connectivity index (χ0n) is 54.2. The van der Waals surface area contributed by atoms with Gasteiger partial charge in [-0.05, 0) is 169 Å². The smallest absolute Gasteiger partial charge is 0.269 e. The van der Waals surface area contributed by atoms with E-state index in [4.69, 9.17) is 28.9 Å². The molecule has 8 bridgehead atoms. The average Bonchev–Trinajstić information content (AvgIpc) is 1.76. The zero-order valence-corrected chi connectivity index (χ0v) is 54.2. The number of nitro groups is 2. The van der Waals surface area contributed by atoms with Crippen molar-refractivity contribution < 1.29 is 28.8 Å². The Balaban J connectivity index is 1.33. The van der Waals surface area contributed by atoms with Crippen LogP contribution < -0.4 is 18.9 Å². The van der Waals surface area contributed by atoms with E-state index < -0.39 is 0 Å². The summed E-state index contributed by atoms with van der Waals surface area (Å²) in [4.78, 5) is 42.2. The Bertz CT molecular complexity index is 3540. The van der Waals surface area contributed by atoms with Crippen molar-refractivity contribution >= 4 is 57.7 Å². The first-order chi connectivity index (χ1) is 43.9. The quantitative estimate of drug-likeness (QED) is 0.0291. The van der Waals surface area contributed by atoms with Crippen molar-refractivity contribution in [1.29, 1.82) is 0 Å². The van der Waals surface area contributed by atoms with Gasteiger partial charge in [-0.15, -0.1) is 0 Å². The van der Waals surface area contributed by atoms with Crippen LogP contribution in [-0.4, -0.2) is 56.2 Å². The summed E-state index contributed by atoms with van der Waals surface area (Å²) in [6, 6.07) is 33.8. The van der Waals surface area contributed by atoms with Gasteiger partial charge in [0.15, 0.2) is 23.0 Å². The first-order valence-corrected chi connectivity index (χ1v) is 33.4. The van der Waals surface area contributed by atoms with Crippen LogP contribution in [-0.2, 0) is 0 Å². The number of benzene rings is 4. The third-order valence-corrected chi connectivity index (χ3v) is 18.0. The number of H-pyrrole nitrogens is 2. The third-order valence-electron chi connectivity index (χ3n) is 18.0. The number of unbranched alkanes of at least 4 members (excludes halogenated alkanes) is 4. The fourth-order valence-corrected chi connectivity index (χ4v) is 12.1. The monoisotopic (exact) mass is 1220 g/mol. The van der Waals surface area contributed by atoms with Crippen LogP contribution in [0.2, 0.25) is 0 Å². The maximum absolute atomic E-state index is 12.1. The summed E-state index contributed by atoms with van der Waals surface area (Å²) in [7, 11) is 0. The summed E-state index contributed by atoms with van der Waals surface area (Å²) in [5.41, 5.74) is 11.7. The highest BCUT2D eigenvalue weighted by Gasteiger charge is 2.24. The van der Waals surface area contributed by atoms with Gasteiger partial charge in [-0.2, -0.15) is 0 Å². The number of hydrogen-bond acceptors (Lipinski definition) is 10. The van der Waals surface area contributed by atoms with Gasteiger partial charge in [-0.3, -0.25) is 20.2 Å². The molecule has 14 heteroatoms. The van der Waals surface area contributed by atoms with Crippen molar-refractivity contribution in [2.75, 3.05) is 26.4 Å². The molecule has 0 radical (unpaired) electrons. The second-order valence-electron chi connectivity index (χ2n) is 24.3. The van der Waals surface area contributed by atoms with Gasteiger partial charge < -0.3 is 28.9 Å². The molecule has 0 saturated heterocycles. The van der Waals surface area contributed by atoms with Gasteiger partial charge in [0.2, 0.25) is 0 Å². The molecular weight excluding hydrogens is 1120 g/mol. The van der Waals surface area contributed by atoms with E-state index in [1.54, 1.807) is 24.3 Å². The van der Waals surface area contributed by atoms with E-state index in [2.05, 4.69) is 89.6 Å². The molecule has 14 nitrogen and oxygen atoms in total. The minimum Gasteiger partial charge on any atom is -0.489 e. The van der Waals surface area contributed by atoms with E-state index in [-0.39, 0.29) is 21.2 Å². The molecule has 5 heterocycles. The molecule has 0 fully saturated rings. The standard InChI is InChI=1S/C76H92N6O8/c1-9-17-21-51(13-5)47-87-69-43-29-57(45-71(69)89-49-53(15-7)23-19-11-3)75-65-39-35-61(77-65)73(55-25-31-59(32-26-55)81(83)84)63-37-41-67(79-63)76(68-42-38-64(80-68)74(62-36-40-66(75)78-62)56-27-33-60(34-28-56)82(85)86)58-30-44-70(88-48-52(14-6)22-18-10-2)72(46-58)90-50-54(16-8)24-20-12-4/h25-46,51-54,77,80H,9-24,47-50H2,1-8H3. The Kier molecular flexibility index (Phi) is 23.6. The largest absolute Gasteiger partial charge is 0.489 e. The highest BCUT2D eigenvalue weighted by Crippen LogP contribution is 2.43. The van der Waals surface area contributed by atoms with Crippen molar-refractivity contribution in [2.24, 2.45) is 23.7 Å². The predicted octanol–water partition coefficient (Wildman–Crippen LogP) is 21.5. The highest BCUT2D eigenvalue weighted by atomic mass is 16.6. The number of nitro benzene ring substituents is 2. The van der Waals surface area contributed by atoms with E-state index >= 15 is 0 Å². The van der Waals surface area contributed by atoms with Crippen LogP contribution in [0.5, 0.6) is 23.0 Å². The van der Waals surface area contributed by atoms with Crippen molar-refractivity contribution in [3.05, 3.63) is 152 Å². The fourth-order valence-electron chi connectivity index (χ4n) is 12.1. The molecule has 4 unspecified atom stereocenters. The molecule has 2 aliphatic rings. The van der Waals surface area contributed by atoms with Crippen LogP contribution in [0, 0.1) is 43.9 Å². The van der Waals surface area contributed by atoms with Crippen LogP contribution in [0.1, 0.15) is 181 Å². The zero-order chi connectivity index (χ0) is 63.5. The van der Waals surface area contributed by atoms with Crippen molar-refractivity contribution in [2.45, 2.75) is 158 Å². The number of hydrogen-bond donors (Lipinski definition) is 2. The second kappa shape index (κ2) is 32.3. The highest BCUT2D eigenvalue weighted by molar-refractivity contribution is 6.00. The molecular formula is C76H92N6O8. The van der Waals surface area contributed by atoms with Crippen LogP contribution in [0.25, 0.3) is 90.9 Å². The molecule has 474 valence electrons. The van der Waals surface area contributed by atoms with Crippen molar-refractivity contribution in [3.8, 4) is 67.5 Å². The molecule has 0 saturated carbocycles. The molecule has 90 heavy (non-hydrogen) atoms. The van der Waals surface area contributed by atoms with Gasteiger partial charge in [0.1, 0.15) is 0 Å². The van der Waals surface area contributed by atoms with Gasteiger partial charge in [0.25, 0.3) is 11.4 Å². The summed E-state index contributed by atoms with van der Waals surface area (Å²) in [5, 5.41) is 24.3. The lowest BCUT2D eigenvalue weighted by Gasteiger charge is -2.21. The molecule has 4 atom stereocenters. The minimum absolute atomic E-state index is 0.0212. The van der Waals surface area contributed by atoms with E-state index in [1.165, 1.54) is 24.3 Å². The Labute approximate surface area is 531 Å². The number of rotatable bonds is 34. The lowest BCUT2D eigenvalue weighted by Crippen LogP contribution is -2.14. The minimum atomic E-state index is -0.384. The molecule has 0 spiro atoms. The van der Waals surface area contributed by atoms with Crippen LogP contribution in [0.4, 0.5) is 11.4 Å². The van der Waals surface area contributed by atoms with Gasteiger partial charge in [0.05, 0.1) is 59.0 Å². The molecule has 4 aromatic carbocycles. The maximum Gasteiger partial charge on any atom is 0.269 e. The van der Waals surface area contributed by atoms with Gasteiger partial charge in [-0.1, -0.05) is 145 Å². The average molecular weight is 1220 g/mol. The van der Waals surface area contributed by atoms with E-state index in [0.717, 1.165) is 169 Å². The number of nitrogens with one attached hydrogen (secondary N) is 2. The number of fused-ring (bicyclic) bond motifs is 8. The maximum atomic E-state index is 12.1. The number of non-ortho nitro benzene ring substituents is 2. The number of aromatic nitrogens is 4. The first-order valence-electron chi connectivity index (χ1n) is 33.4. The summed E-state index contributed by atoms with van der Waals surface area (Å²) in [6.07, 6.45) is 25.4. The third kappa shape index (κ3) is 16.3. The van der Waals surface area contributed by atoms with Gasteiger partial charge in [-0.25, -0.2) is 9.97 Å². The fraction of sp³-hybridized carbons (Fsp3) is 0.421. The second-order valence-corrected chi connectivity index (χ2v) is 24.3. The Morgan fingerprint density at radius 1 is 0.367 bits per heavy atom. The molecule has 0 aliphatic carbocycles. The lowest BCUT2D eigenvalue weighted by molar-refractivity contribution is -0.385. The SMILES string of the molecule is CCCCC(CC)COc1ccc(-c2c3nc(c(-c4ccc([N+](=O)[O-])cc4)c4ccc([nH]4)c(-c4ccc(OCC(CC)CCCC)c(OCC(CC)CCCC)c4)c4nc(c(-c5ccc([N+](=O)[O-])cc5)c5ccc2[nH]5)C=C4)C=C3)cc1OCC(CC)CCCC. The lowest BCUT2D eigenvalue weighted by atomic mass is 10.00. The molecule has 9 rings (SSSR count). The van der Waals surface area contributed by atoms with Crippen molar-refractivity contribution in [3.63, 3.8) is 0 Å². The first kappa shape index (κ1) is 65.9. The topological polar surface area (TPSA) is 181 Å². The van der Waals surface area contributed by atoms with Crippen LogP contribution in [0.3, 0.4) is 0 Å². The normalized spacial score (nSPS) is 13.2. The summed E-state index contributed by atoms with van der Waals surface area (Å²) in [5.74, 6) is 4.26. The van der Waals surface area contributed by atoms with Crippen molar-refractivity contribution in [1.82, 2.24) is 19.9 Å². The van der Waals surface area contributed by atoms with Gasteiger partial charge >= 0.3 is 0 Å². The van der Waals surface area contributed by atoms with E-state index in [0.29, 0.717) is 95.9 Å². The summed E-state index contributed by atoms with van der Waals surface area (Å²) >= 11 is 0. The van der Waals surface area contributed by atoms with E-state index in [9.17, 15) is 20.2 Å². The van der Waals surface area contributed by atoms with E-state index in [1.807, 2.05) is 60.7 Å². The number of ether oxygens (including phenoxy) is 4. The molecule has 0 amide bonds. The number of nitrogens with zero attached hydrogens (tertiary/aromatic N) is 4. The Hall–Kier alpha value is -8.52. The van der Waals surface area contributed by atoms with Crippen LogP contribution in [0.15, 0.2) is 109 Å². The summed E-state index contributed by atoms with van der Waals surface area (Å²) < 4.78 is 27.3. The predicted molar refractivity (Wildman–Crippen MR) is 369 cm³/mol. The van der Waals surface area contributed by atoms with Gasteiger partial charge in [0, 0.05) is 68.6 Å². The Morgan fingerprint density at radius 2 is 0.633 bits per heavy atom. The summed E-state index contributed by atoms with van der Waals surface area (Å²) in [6.45, 7) is 20.1. The van der Waals surface area contributed by atoms with Crippen LogP contribution >= 0.6 is 0 Å². The molecule has 3 aromatic heterocycles.